The molecular formula is C26H25FN6O. The van der Waals surface area contributed by atoms with Gasteiger partial charge in [0.15, 0.2) is 0 Å². The SMILES string of the molecule is CNCc1cc(C)c(-c2cc3c(-c4ccc(N5CCOCC5)nc4)n[nH]c3cc2C#N)c(F)c1. The molecule has 1 aliphatic heterocycles. The second kappa shape index (κ2) is 9.21. The largest absolute Gasteiger partial charge is 0.378 e. The van der Waals surface area contributed by atoms with Gasteiger partial charge in [0, 0.05) is 47.9 Å². The van der Waals surface area contributed by atoms with E-state index in [0.717, 1.165) is 46.5 Å². The molecule has 1 saturated heterocycles. The number of fused-ring (bicyclic) bond motifs is 1. The summed E-state index contributed by atoms with van der Waals surface area (Å²) in [6.07, 6.45) is 1.80. The van der Waals surface area contributed by atoms with E-state index in [1.54, 1.807) is 12.3 Å². The predicted octanol–water partition coefficient (Wildman–Crippen LogP) is 4.17. The summed E-state index contributed by atoms with van der Waals surface area (Å²) in [5.74, 6) is 0.557. The molecule has 0 spiro atoms. The molecule has 34 heavy (non-hydrogen) atoms. The van der Waals surface area contributed by atoms with Crippen molar-refractivity contribution in [3.05, 3.63) is 65.1 Å². The zero-order valence-corrected chi connectivity index (χ0v) is 19.2. The lowest BCUT2D eigenvalue weighted by Crippen LogP contribution is -2.36. The molecule has 8 heteroatoms. The highest BCUT2D eigenvalue weighted by molar-refractivity contribution is 5.97. The summed E-state index contributed by atoms with van der Waals surface area (Å²) in [4.78, 5) is 6.82. The van der Waals surface area contributed by atoms with E-state index in [0.29, 0.717) is 42.1 Å². The third-order valence-corrected chi connectivity index (χ3v) is 6.18. The number of hydrogen-bond donors (Lipinski definition) is 2. The van der Waals surface area contributed by atoms with E-state index >= 15 is 4.39 Å². The standard InChI is InChI=1S/C26H25FN6O/c1-16-9-17(14-29-2)10-22(27)25(16)20-12-21-23(11-19(20)13-28)31-32-26(21)18-3-4-24(30-15-18)33-5-7-34-8-6-33/h3-4,9-12,15,29H,5-8,14H2,1-2H3,(H,31,32). The minimum absolute atomic E-state index is 0.345. The van der Waals surface area contributed by atoms with Crippen LogP contribution in [0, 0.1) is 24.1 Å². The van der Waals surface area contributed by atoms with Crippen LogP contribution in [0.1, 0.15) is 16.7 Å². The second-order valence-electron chi connectivity index (χ2n) is 8.43. The Hall–Kier alpha value is -3.80. The Labute approximate surface area is 197 Å². The zero-order chi connectivity index (χ0) is 23.7. The summed E-state index contributed by atoms with van der Waals surface area (Å²) in [6, 6.07) is 13.2. The van der Waals surface area contributed by atoms with E-state index < -0.39 is 0 Å². The van der Waals surface area contributed by atoms with Crippen molar-refractivity contribution in [1.29, 1.82) is 5.26 Å². The van der Waals surface area contributed by atoms with Crippen molar-refractivity contribution in [2.75, 3.05) is 38.3 Å². The van der Waals surface area contributed by atoms with Gasteiger partial charge in [-0.1, -0.05) is 6.07 Å². The molecule has 2 aromatic heterocycles. The van der Waals surface area contributed by atoms with Crippen molar-refractivity contribution < 1.29 is 9.13 Å². The van der Waals surface area contributed by atoms with Crippen LogP contribution in [0.15, 0.2) is 42.6 Å². The monoisotopic (exact) mass is 456 g/mol. The first-order chi connectivity index (χ1) is 16.6. The zero-order valence-electron chi connectivity index (χ0n) is 19.2. The molecule has 1 aliphatic rings. The maximum Gasteiger partial charge on any atom is 0.131 e. The van der Waals surface area contributed by atoms with Gasteiger partial charge >= 0.3 is 0 Å². The fraction of sp³-hybridized carbons (Fsp3) is 0.269. The second-order valence-corrected chi connectivity index (χ2v) is 8.43. The molecule has 2 N–H and O–H groups in total. The molecule has 5 rings (SSSR count). The molecule has 0 aliphatic carbocycles. The van der Waals surface area contributed by atoms with Crippen LogP contribution in [0.3, 0.4) is 0 Å². The topological polar surface area (TPSA) is 89.9 Å². The van der Waals surface area contributed by atoms with Crippen molar-refractivity contribution in [2.45, 2.75) is 13.5 Å². The highest BCUT2D eigenvalue weighted by atomic mass is 19.1. The molecule has 7 nitrogen and oxygen atoms in total. The van der Waals surface area contributed by atoms with E-state index in [1.807, 2.05) is 38.2 Å². The van der Waals surface area contributed by atoms with Gasteiger partial charge < -0.3 is 15.0 Å². The number of aromatic amines is 1. The minimum atomic E-state index is -0.345. The summed E-state index contributed by atoms with van der Waals surface area (Å²) in [5.41, 5.74) is 5.31. The normalized spacial score (nSPS) is 13.9. The molecule has 0 atom stereocenters. The summed E-state index contributed by atoms with van der Waals surface area (Å²) in [5, 5.41) is 21.2. The summed E-state index contributed by atoms with van der Waals surface area (Å²) in [7, 11) is 1.83. The number of H-pyrrole nitrogens is 1. The number of nitriles is 1. The van der Waals surface area contributed by atoms with Crippen molar-refractivity contribution in [2.24, 2.45) is 0 Å². The van der Waals surface area contributed by atoms with E-state index in [2.05, 4.69) is 31.5 Å². The number of nitrogens with one attached hydrogen (secondary N) is 2. The molecule has 0 bridgehead atoms. The molecule has 3 heterocycles. The van der Waals surface area contributed by atoms with Gasteiger partial charge in [-0.2, -0.15) is 10.4 Å². The Bertz CT molecular complexity index is 1360. The number of ether oxygens (including phenoxy) is 1. The van der Waals surface area contributed by atoms with Crippen molar-refractivity contribution >= 4 is 16.7 Å². The predicted molar refractivity (Wildman–Crippen MR) is 130 cm³/mol. The fourth-order valence-corrected chi connectivity index (χ4v) is 4.55. The fourth-order valence-electron chi connectivity index (χ4n) is 4.55. The van der Waals surface area contributed by atoms with Gasteiger partial charge in [0.1, 0.15) is 17.3 Å². The number of hydrogen-bond acceptors (Lipinski definition) is 6. The van der Waals surface area contributed by atoms with Crippen LogP contribution in [0.25, 0.3) is 33.3 Å². The quantitative estimate of drug-likeness (QED) is 0.469. The van der Waals surface area contributed by atoms with Crippen LogP contribution >= 0.6 is 0 Å². The molecule has 0 unspecified atom stereocenters. The van der Waals surface area contributed by atoms with Crippen LogP contribution < -0.4 is 10.2 Å². The van der Waals surface area contributed by atoms with E-state index in [1.165, 1.54) is 6.07 Å². The first-order valence-electron chi connectivity index (χ1n) is 11.2. The number of rotatable bonds is 5. The molecular weight excluding hydrogens is 431 g/mol. The molecule has 0 amide bonds. The van der Waals surface area contributed by atoms with Crippen LogP contribution in [-0.2, 0) is 11.3 Å². The van der Waals surface area contributed by atoms with Gasteiger partial charge in [0.25, 0.3) is 0 Å². The van der Waals surface area contributed by atoms with E-state index in [4.69, 9.17) is 4.74 Å². The number of aromatic nitrogens is 3. The maximum atomic E-state index is 15.2. The highest BCUT2D eigenvalue weighted by Crippen LogP contribution is 2.36. The summed E-state index contributed by atoms with van der Waals surface area (Å²) < 4.78 is 20.6. The highest BCUT2D eigenvalue weighted by Gasteiger charge is 2.19. The first-order valence-corrected chi connectivity index (χ1v) is 11.2. The summed E-state index contributed by atoms with van der Waals surface area (Å²) >= 11 is 0. The summed E-state index contributed by atoms with van der Waals surface area (Å²) in [6.45, 7) is 5.47. The lowest BCUT2D eigenvalue weighted by atomic mass is 9.92. The molecule has 4 aromatic rings. The van der Waals surface area contributed by atoms with E-state index in [-0.39, 0.29) is 5.82 Å². The molecule has 0 saturated carbocycles. The number of pyridine rings is 1. The number of benzene rings is 2. The van der Waals surface area contributed by atoms with Gasteiger partial charge in [-0.3, -0.25) is 5.10 Å². The number of nitrogens with zero attached hydrogens (tertiary/aromatic N) is 4. The van der Waals surface area contributed by atoms with Gasteiger partial charge in [0.2, 0.25) is 0 Å². The van der Waals surface area contributed by atoms with Crippen LogP contribution in [0.5, 0.6) is 0 Å². The smallest absolute Gasteiger partial charge is 0.131 e. The Morgan fingerprint density at radius 3 is 2.71 bits per heavy atom. The third kappa shape index (κ3) is 4.00. The Balaban J connectivity index is 1.58. The Morgan fingerprint density at radius 2 is 2.03 bits per heavy atom. The molecule has 0 radical (unpaired) electrons. The van der Waals surface area contributed by atoms with E-state index in [9.17, 15) is 5.26 Å². The lowest BCUT2D eigenvalue weighted by molar-refractivity contribution is 0.122. The van der Waals surface area contributed by atoms with Crippen molar-refractivity contribution in [1.82, 2.24) is 20.5 Å². The van der Waals surface area contributed by atoms with Gasteiger partial charge in [-0.15, -0.1) is 0 Å². The number of halogens is 1. The minimum Gasteiger partial charge on any atom is -0.378 e. The average molecular weight is 457 g/mol. The maximum absolute atomic E-state index is 15.2. The average Bonchev–Trinajstić information content (AvgIpc) is 3.27. The third-order valence-electron chi connectivity index (χ3n) is 6.18. The van der Waals surface area contributed by atoms with Gasteiger partial charge in [-0.05, 0) is 55.4 Å². The van der Waals surface area contributed by atoms with Gasteiger partial charge in [0.05, 0.1) is 30.4 Å². The lowest BCUT2D eigenvalue weighted by Gasteiger charge is -2.27. The number of morpholine rings is 1. The van der Waals surface area contributed by atoms with Crippen LogP contribution in [0.2, 0.25) is 0 Å². The van der Waals surface area contributed by atoms with Crippen molar-refractivity contribution in [3.63, 3.8) is 0 Å². The molecule has 1 fully saturated rings. The molecule has 172 valence electrons. The Kier molecular flexibility index (Phi) is 5.97. The number of anilines is 1. The first kappa shape index (κ1) is 22.0. The molecule has 2 aromatic carbocycles. The van der Waals surface area contributed by atoms with Gasteiger partial charge in [-0.25, -0.2) is 9.37 Å². The number of aryl methyl sites for hydroxylation is 1. The van der Waals surface area contributed by atoms with Crippen molar-refractivity contribution in [3.8, 4) is 28.5 Å². The van der Waals surface area contributed by atoms with Crippen LogP contribution in [0.4, 0.5) is 10.2 Å². The van der Waals surface area contributed by atoms with Crippen LogP contribution in [-0.4, -0.2) is 48.5 Å². The Morgan fingerprint density at radius 1 is 1.21 bits per heavy atom.